The first-order chi connectivity index (χ1) is 15.6. The van der Waals surface area contributed by atoms with Crippen LogP contribution < -0.4 is 10.1 Å². The second-order valence-corrected chi connectivity index (χ2v) is 8.47. The highest BCUT2D eigenvalue weighted by Crippen LogP contribution is 2.18. The Morgan fingerprint density at radius 1 is 1.09 bits per heavy atom. The summed E-state index contributed by atoms with van der Waals surface area (Å²) >= 11 is 0. The highest BCUT2D eigenvalue weighted by molar-refractivity contribution is 5.81. The van der Waals surface area contributed by atoms with E-state index in [-0.39, 0.29) is 12.5 Å². The van der Waals surface area contributed by atoms with Crippen molar-refractivity contribution in [2.24, 2.45) is 5.92 Å². The molecule has 1 aromatic heterocycles. The van der Waals surface area contributed by atoms with Crippen LogP contribution in [0.4, 0.5) is 0 Å². The molecule has 3 aromatic rings. The van der Waals surface area contributed by atoms with Crippen LogP contribution in [0.15, 0.2) is 54.6 Å². The summed E-state index contributed by atoms with van der Waals surface area (Å²) in [5.41, 5.74) is 1.79. The third-order valence-electron chi connectivity index (χ3n) is 5.94. The van der Waals surface area contributed by atoms with Gasteiger partial charge in [0.05, 0.1) is 24.2 Å². The SMILES string of the molecule is CC(C)[C@@H](CNC(=O)Cn1c(COc2ccccc2)nc2ccccc21)N1CCOCC1. The van der Waals surface area contributed by atoms with Crippen LogP contribution in [0, 0.1) is 5.92 Å². The highest BCUT2D eigenvalue weighted by atomic mass is 16.5. The monoisotopic (exact) mass is 436 g/mol. The summed E-state index contributed by atoms with van der Waals surface area (Å²) in [5.74, 6) is 1.94. The first-order valence-corrected chi connectivity index (χ1v) is 11.3. The van der Waals surface area contributed by atoms with E-state index in [2.05, 4.69) is 24.1 Å². The number of nitrogens with one attached hydrogen (secondary N) is 1. The van der Waals surface area contributed by atoms with Crippen LogP contribution in [0.5, 0.6) is 5.75 Å². The lowest BCUT2D eigenvalue weighted by atomic mass is 10.0. The van der Waals surface area contributed by atoms with Gasteiger partial charge in [0.25, 0.3) is 0 Å². The van der Waals surface area contributed by atoms with E-state index in [0.717, 1.165) is 48.9 Å². The van der Waals surface area contributed by atoms with E-state index in [4.69, 9.17) is 14.5 Å². The van der Waals surface area contributed by atoms with Gasteiger partial charge in [-0.2, -0.15) is 0 Å². The number of hydrogen-bond donors (Lipinski definition) is 1. The van der Waals surface area contributed by atoms with Crippen molar-refractivity contribution < 1.29 is 14.3 Å². The molecule has 1 N–H and O–H groups in total. The molecule has 1 aliphatic heterocycles. The summed E-state index contributed by atoms with van der Waals surface area (Å²) in [7, 11) is 0. The van der Waals surface area contributed by atoms with Crippen molar-refractivity contribution in [3.63, 3.8) is 0 Å². The fraction of sp³-hybridized carbons (Fsp3) is 0.440. The molecule has 1 fully saturated rings. The zero-order valence-corrected chi connectivity index (χ0v) is 18.9. The number of ether oxygens (including phenoxy) is 2. The standard InChI is InChI=1S/C25H32N4O3/c1-19(2)23(28-12-14-31-15-13-28)16-26-25(30)17-29-22-11-7-6-10-21(22)27-24(29)18-32-20-8-4-3-5-9-20/h3-11,19,23H,12-18H2,1-2H3,(H,26,30)/t23-/m1/s1. The number of benzene rings is 2. The second kappa shape index (κ2) is 10.6. The predicted octanol–water partition coefficient (Wildman–Crippen LogP) is 3.09. The van der Waals surface area contributed by atoms with Gasteiger partial charge in [-0.1, -0.05) is 44.2 Å². The Morgan fingerprint density at radius 3 is 2.56 bits per heavy atom. The molecule has 0 unspecified atom stereocenters. The third-order valence-corrected chi connectivity index (χ3v) is 5.94. The van der Waals surface area contributed by atoms with Crippen LogP contribution in [0.1, 0.15) is 19.7 Å². The molecule has 1 atom stereocenters. The summed E-state index contributed by atoms with van der Waals surface area (Å²) in [5, 5.41) is 3.15. The minimum Gasteiger partial charge on any atom is -0.486 e. The summed E-state index contributed by atoms with van der Waals surface area (Å²) < 4.78 is 13.4. The zero-order chi connectivity index (χ0) is 22.3. The molecule has 0 bridgehead atoms. The van der Waals surface area contributed by atoms with Crippen molar-refractivity contribution >= 4 is 16.9 Å². The quantitative estimate of drug-likeness (QED) is 0.558. The van der Waals surface area contributed by atoms with Crippen LogP contribution in [-0.2, 0) is 22.7 Å². The molecule has 0 spiro atoms. The Bertz CT molecular complexity index is 1010. The highest BCUT2D eigenvalue weighted by Gasteiger charge is 2.24. The lowest BCUT2D eigenvalue weighted by Crippen LogP contribution is -2.51. The molecule has 4 rings (SSSR count). The number of hydrogen-bond acceptors (Lipinski definition) is 5. The molecule has 0 saturated carbocycles. The Morgan fingerprint density at radius 2 is 1.81 bits per heavy atom. The van der Waals surface area contributed by atoms with Crippen LogP contribution in [0.3, 0.4) is 0 Å². The number of nitrogens with zero attached hydrogens (tertiary/aromatic N) is 3. The number of imidazole rings is 1. The molecule has 1 amide bonds. The Balaban J connectivity index is 1.44. The molecule has 170 valence electrons. The molecule has 0 radical (unpaired) electrons. The maximum Gasteiger partial charge on any atom is 0.240 e. The van der Waals surface area contributed by atoms with Gasteiger partial charge in [-0.3, -0.25) is 9.69 Å². The Hall–Kier alpha value is -2.90. The lowest BCUT2D eigenvalue weighted by molar-refractivity contribution is -0.122. The van der Waals surface area contributed by atoms with Gasteiger partial charge in [0, 0.05) is 25.7 Å². The van der Waals surface area contributed by atoms with E-state index in [0.29, 0.717) is 25.1 Å². The van der Waals surface area contributed by atoms with Gasteiger partial charge in [-0.25, -0.2) is 4.98 Å². The van der Waals surface area contributed by atoms with E-state index in [1.54, 1.807) is 0 Å². The number of carbonyl (C=O) groups is 1. The largest absolute Gasteiger partial charge is 0.486 e. The molecule has 2 aromatic carbocycles. The zero-order valence-electron chi connectivity index (χ0n) is 18.9. The smallest absolute Gasteiger partial charge is 0.240 e. The number of para-hydroxylation sites is 3. The van der Waals surface area contributed by atoms with Gasteiger partial charge in [-0.15, -0.1) is 0 Å². The normalized spacial score (nSPS) is 15.7. The maximum absolute atomic E-state index is 12.9. The summed E-state index contributed by atoms with van der Waals surface area (Å²) in [4.78, 5) is 20.1. The number of amides is 1. The van der Waals surface area contributed by atoms with Crippen molar-refractivity contribution in [2.45, 2.75) is 33.0 Å². The summed E-state index contributed by atoms with van der Waals surface area (Å²) in [6.45, 7) is 8.86. The van der Waals surface area contributed by atoms with Crippen molar-refractivity contribution in [3.8, 4) is 5.75 Å². The lowest BCUT2D eigenvalue weighted by Gasteiger charge is -2.36. The minimum absolute atomic E-state index is 0.0203. The Kier molecular flexibility index (Phi) is 7.39. The van der Waals surface area contributed by atoms with E-state index in [1.807, 2.05) is 59.2 Å². The molecule has 0 aliphatic carbocycles. The molecular weight excluding hydrogens is 404 g/mol. The fourth-order valence-electron chi connectivity index (χ4n) is 4.19. The maximum atomic E-state index is 12.9. The average molecular weight is 437 g/mol. The van der Waals surface area contributed by atoms with Gasteiger partial charge in [-0.05, 0) is 30.2 Å². The fourth-order valence-corrected chi connectivity index (χ4v) is 4.19. The van der Waals surface area contributed by atoms with Crippen molar-refractivity contribution in [1.29, 1.82) is 0 Å². The van der Waals surface area contributed by atoms with Gasteiger partial charge in [0.15, 0.2) is 0 Å². The van der Waals surface area contributed by atoms with Gasteiger partial charge >= 0.3 is 0 Å². The van der Waals surface area contributed by atoms with Gasteiger partial charge in [0.2, 0.25) is 5.91 Å². The topological polar surface area (TPSA) is 68.6 Å². The van der Waals surface area contributed by atoms with E-state index in [9.17, 15) is 4.79 Å². The van der Waals surface area contributed by atoms with Crippen LogP contribution in [-0.4, -0.2) is 59.2 Å². The molecule has 1 aliphatic rings. The van der Waals surface area contributed by atoms with Gasteiger partial charge < -0.3 is 19.4 Å². The summed E-state index contributed by atoms with van der Waals surface area (Å²) in [6.07, 6.45) is 0. The predicted molar refractivity (Wildman–Crippen MR) is 125 cm³/mol. The van der Waals surface area contributed by atoms with Crippen molar-refractivity contribution in [3.05, 3.63) is 60.4 Å². The Labute approximate surface area is 189 Å². The molecule has 7 nitrogen and oxygen atoms in total. The molecular formula is C25H32N4O3. The van der Waals surface area contributed by atoms with Crippen LogP contribution in [0.2, 0.25) is 0 Å². The third kappa shape index (κ3) is 5.47. The number of fused-ring (bicyclic) bond motifs is 1. The van der Waals surface area contributed by atoms with Crippen LogP contribution >= 0.6 is 0 Å². The first-order valence-electron chi connectivity index (χ1n) is 11.3. The average Bonchev–Trinajstić information content (AvgIpc) is 3.16. The second-order valence-electron chi connectivity index (χ2n) is 8.47. The first kappa shape index (κ1) is 22.3. The van der Waals surface area contributed by atoms with Crippen molar-refractivity contribution in [2.75, 3.05) is 32.8 Å². The molecule has 7 heteroatoms. The van der Waals surface area contributed by atoms with Crippen molar-refractivity contribution in [1.82, 2.24) is 19.8 Å². The summed E-state index contributed by atoms with van der Waals surface area (Å²) in [6, 6.07) is 17.8. The molecule has 1 saturated heterocycles. The molecule has 32 heavy (non-hydrogen) atoms. The number of morpholine rings is 1. The number of aromatic nitrogens is 2. The van der Waals surface area contributed by atoms with Crippen LogP contribution in [0.25, 0.3) is 11.0 Å². The number of rotatable bonds is 9. The minimum atomic E-state index is -0.0203. The number of carbonyl (C=O) groups excluding carboxylic acids is 1. The van der Waals surface area contributed by atoms with E-state index in [1.165, 1.54) is 0 Å². The van der Waals surface area contributed by atoms with E-state index < -0.39 is 0 Å². The van der Waals surface area contributed by atoms with Gasteiger partial charge in [0.1, 0.15) is 24.7 Å². The molecule has 2 heterocycles. The van der Waals surface area contributed by atoms with E-state index >= 15 is 0 Å².